The van der Waals surface area contributed by atoms with Gasteiger partial charge in [-0.15, -0.1) is 0 Å². The van der Waals surface area contributed by atoms with E-state index in [2.05, 4.69) is 13.0 Å². The first kappa shape index (κ1) is 14.2. The summed E-state index contributed by atoms with van der Waals surface area (Å²) in [5.41, 5.74) is -0.594. The van der Waals surface area contributed by atoms with Gasteiger partial charge in [-0.05, 0) is 19.3 Å². The molecule has 2 nitrogen and oxygen atoms in total. The molecule has 0 aromatic heterocycles. The number of ketones is 1. The molecule has 1 saturated carbocycles. The summed E-state index contributed by atoms with van der Waals surface area (Å²) in [5.74, 6) is 0.200. The fourth-order valence-electron chi connectivity index (χ4n) is 2.75. The minimum absolute atomic E-state index is 0.200. The van der Waals surface area contributed by atoms with E-state index < -0.39 is 5.41 Å². The zero-order valence-electron chi connectivity index (χ0n) is 11.1. The van der Waals surface area contributed by atoms with Crippen LogP contribution in [0.2, 0.25) is 0 Å². The molecule has 0 amide bonds. The van der Waals surface area contributed by atoms with Crippen molar-refractivity contribution in [3.63, 3.8) is 0 Å². The molecule has 0 aromatic carbocycles. The van der Waals surface area contributed by atoms with Gasteiger partial charge in [-0.2, -0.15) is 5.26 Å². The summed E-state index contributed by atoms with van der Waals surface area (Å²) in [7, 11) is 0. The Morgan fingerprint density at radius 2 is 1.82 bits per heavy atom. The van der Waals surface area contributed by atoms with Crippen molar-refractivity contribution in [1.29, 1.82) is 5.26 Å². The number of hydrogen-bond acceptors (Lipinski definition) is 2. The number of carbonyl (C=O) groups excluding carboxylic acids is 1. The van der Waals surface area contributed by atoms with Crippen LogP contribution in [0, 0.1) is 16.7 Å². The third-order valence-electron chi connectivity index (χ3n) is 3.96. The van der Waals surface area contributed by atoms with Gasteiger partial charge >= 0.3 is 0 Å². The van der Waals surface area contributed by atoms with Gasteiger partial charge in [-0.25, -0.2) is 0 Å². The Labute approximate surface area is 105 Å². The van der Waals surface area contributed by atoms with E-state index in [-0.39, 0.29) is 5.78 Å². The smallest absolute Gasteiger partial charge is 0.153 e. The van der Waals surface area contributed by atoms with Crippen LogP contribution in [-0.2, 0) is 4.79 Å². The van der Waals surface area contributed by atoms with Crippen molar-refractivity contribution in [2.24, 2.45) is 5.41 Å². The van der Waals surface area contributed by atoms with E-state index in [4.69, 9.17) is 0 Å². The summed E-state index contributed by atoms with van der Waals surface area (Å²) in [5, 5.41) is 9.19. The van der Waals surface area contributed by atoms with Gasteiger partial charge in [0.25, 0.3) is 0 Å². The second-order valence-corrected chi connectivity index (χ2v) is 5.34. The zero-order chi connectivity index (χ0) is 12.6. The number of nitrogens with zero attached hydrogens (tertiary/aromatic N) is 1. The number of unbranched alkanes of at least 4 members (excludes halogenated alkanes) is 6. The molecule has 0 N–H and O–H groups in total. The molecule has 1 aliphatic carbocycles. The molecule has 0 radical (unpaired) electrons. The lowest BCUT2D eigenvalue weighted by Crippen LogP contribution is -2.23. The third-order valence-corrected chi connectivity index (χ3v) is 3.96. The first-order valence-electron chi connectivity index (χ1n) is 7.20. The summed E-state index contributed by atoms with van der Waals surface area (Å²) >= 11 is 0. The first-order chi connectivity index (χ1) is 8.25. The topological polar surface area (TPSA) is 40.9 Å². The average Bonchev–Trinajstić information content (AvgIpc) is 2.70. The van der Waals surface area contributed by atoms with Crippen molar-refractivity contribution in [1.82, 2.24) is 0 Å². The Hall–Kier alpha value is -0.840. The van der Waals surface area contributed by atoms with Gasteiger partial charge in [0.15, 0.2) is 5.78 Å². The Morgan fingerprint density at radius 3 is 2.35 bits per heavy atom. The Balaban J connectivity index is 2.13. The van der Waals surface area contributed by atoms with E-state index in [1.807, 2.05) is 0 Å². The highest BCUT2D eigenvalue weighted by Crippen LogP contribution is 2.38. The van der Waals surface area contributed by atoms with Crippen LogP contribution in [0.15, 0.2) is 0 Å². The van der Waals surface area contributed by atoms with Crippen molar-refractivity contribution < 1.29 is 4.79 Å². The van der Waals surface area contributed by atoms with Crippen LogP contribution in [0.1, 0.15) is 77.6 Å². The highest BCUT2D eigenvalue weighted by atomic mass is 16.1. The minimum Gasteiger partial charge on any atom is -0.298 e. The molecule has 1 fully saturated rings. The Morgan fingerprint density at radius 1 is 1.18 bits per heavy atom. The van der Waals surface area contributed by atoms with Gasteiger partial charge in [-0.3, -0.25) is 4.79 Å². The van der Waals surface area contributed by atoms with Gasteiger partial charge in [0.1, 0.15) is 5.41 Å². The molecule has 1 rings (SSSR count). The van der Waals surface area contributed by atoms with Gasteiger partial charge in [-0.1, -0.05) is 51.9 Å². The summed E-state index contributed by atoms with van der Waals surface area (Å²) < 4.78 is 0. The van der Waals surface area contributed by atoms with Crippen LogP contribution in [0.4, 0.5) is 0 Å². The maximum Gasteiger partial charge on any atom is 0.153 e. The summed E-state index contributed by atoms with van der Waals surface area (Å²) in [6, 6.07) is 2.29. The van der Waals surface area contributed by atoms with Crippen LogP contribution in [0.3, 0.4) is 0 Å². The van der Waals surface area contributed by atoms with Crippen LogP contribution < -0.4 is 0 Å². The summed E-state index contributed by atoms with van der Waals surface area (Å²) in [6.45, 7) is 2.22. The summed E-state index contributed by atoms with van der Waals surface area (Å²) in [4.78, 5) is 11.7. The van der Waals surface area contributed by atoms with E-state index in [1.54, 1.807) is 0 Å². The van der Waals surface area contributed by atoms with Crippen LogP contribution in [-0.4, -0.2) is 5.78 Å². The van der Waals surface area contributed by atoms with E-state index >= 15 is 0 Å². The normalized spacial score (nSPS) is 23.9. The molecule has 1 unspecified atom stereocenters. The highest BCUT2D eigenvalue weighted by Gasteiger charge is 2.41. The largest absolute Gasteiger partial charge is 0.298 e. The Bertz CT molecular complexity index is 279. The monoisotopic (exact) mass is 235 g/mol. The highest BCUT2D eigenvalue weighted by molar-refractivity contribution is 5.89. The molecule has 0 heterocycles. The van der Waals surface area contributed by atoms with Crippen molar-refractivity contribution in [3.05, 3.63) is 0 Å². The van der Waals surface area contributed by atoms with Crippen LogP contribution in [0.5, 0.6) is 0 Å². The lowest BCUT2D eigenvalue weighted by molar-refractivity contribution is -0.123. The molecule has 0 spiro atoms. The van der Waals surface area contributed by atoms with E-state index in [0.29, 0.717) is 6.42 Å². The predicted molar refractivity (Wildman–Crippen MR) is 69.5 cm³/mol. The molecular formula is C15H25NO. The molecule has 0 saturated heterocycles. The molecule has 0 bridgehead atoms. The maximum atomic E-state index is 11.7. The molecule has 96 valence electrons. The maximum absolute atomic E-state index is 11.7. The van der Waals surface area contributed by atoms with E-state index in [1.165, 1.54) is 38.5 Å². The van der Waals surface area contributed by atoms with E-state index in [9.17, 15) is 10.1 Å². The van der Waals surface area contributed by atoms with Crippen molar-refractivity contribution in [3.8, 4) is 6.07 Å². The van der Waals surface area contributed by atoms with Crippen LogP contribution >= 0.6 is 0 Å². The van der Waals surface area contributed by atoms with Gasteiger partial charge in [0.05, 0.1) is 6.07 Å². The number of hydrogen-bond donors (Lipinski definition) is 0. The molecule has 0 aromatic rings. The zero-order valence-corrected chi connectivity index (χ0v) is 11.1. The number of rotatable bonds is 8. The quantitative estimate of drug-likeness (QED) is 0.585. The number of Topliss-reactive ketones (excluding diaryl/α,β-unsaturated/α-hetero) is 1. The molecule has 1 aliphatic rings. The molecule has 0 aliphatic heterocycles. The minimum atomic E-state index is -0.594. The number of nitriles is 1. The van der Waals surface area contributed by atoms with E-state index in [0.717, 1.165) is 25.7 Å². The SMILES string of the molecule is CCCCCCCCCC1(C#N)CCCC1=O. The van der Waals surface area contributed by atoms with Crippen molar-refractivity contribution >= 4 is 5.78 Å². The predicted octanol–water partition coefficient (Wildman–Crippen LogP) is 4.39. The molecule has 2 heteroatoms. The van der Waals surface area contributed by atoms with Gasteiger partial charge < -0.3 is 0 Å². The van der Waals surface area contributed by atoms with Crippen molar-refractivity contribution in [2.75, 3.05) is 0 Å². The standard InChI is InChI=1S/C15H25NO/c1-2-3-4-5-6-7-8-11-15(13-16)12-9-10-14(15)17/h2-12H2,1H3. The molecule has 1 atom stereocenters. The van der Waals surface area contributed by atoms with Crippen molar-refractivity contribution in [2.45, 2.75) is 77.6 Å². The molecule has 17 heavy (non-hydrogen) atoms. The first-order valence-corrected chi connectivity index (χ1v) is 7.20. The lowest BCUT2D eigenvalue weighted by atomic mass is 9.81. The average molecular weight is 235 g/mol. The van der Waals surface area contributed by atoms with Crippen LogP contribution in [0.25, 0.3) is 0 Å². The Kier molecular flexibility index (Phi) is 6.26. The number of carbonyl (C=O) groups is 1. The van der Waals surface area contributed by atoms with Gasteiger partial charge in [0.2, 0.25) is 0 Å². The molecular weight excluding hydrogens is 210 g/mol. The fourth-order valence-corrected chi connectivity index (χ4v) is 2.75. The second kappa shape index (κ2) is 7.48. The fraction of sp³-hybridized carbons (Fsp3) is 0.867. The second-order valence-electron chi connectivity index (χ2n) is 5.34. The third kappa shape index (κ3) is 4.15. The summed E-state index contributed by atoms with van der Waals surface area (Å²) in [6.07, 6.45) is 11.9. The van der Waals surface area contributed by atoms with Gasteiger partial charge in [0, 0.05) is 6.42 Å². The lowest BCUT2D eigenvalue weighted by Gasteiger charge is -2.17.